The van der Waals surface area contributed by atoms with E-state index in [1.807, 2.05) is 0 Å². The van der Waals surface area contributed by atoms with Gasteiger partial charge in [0.15, 0.2) is 0 Å². The lowest BCUT2D eigenvalue weighted by atomic mass is 10.5. The number of hydrogen-bond donors (Lipinski definition) is 4. The van der Waals surface area contributed by atoms with Crippen LogP contribution in [0.3, 0.4) is 0 Å². The van der Waals surface area contributed by atoms with E-state index in [-0.39, 0.29) is 50.1 Å². The van der Waals surface area contributed by atoms with Gasteiger partial charge in [-0.25, -0.2) is 0 Å². The first kappa shape index (κ1) is 29.7. The summed E-state index contributed by atoms with van der Waals surface area (Å²) in [5, 5.41) is 10.4. The molecule has 0 aromatic heterocycles. The normalized spacial score (nSPS) is 21.9. The maximum atomic E-state index is 11.6. The van der Waals surface area contributed by atoms with Crippen LogP contribution in [0.1, 0.15) is 0 Å². The van der Waals surface area contributed by atoms with Crippen molar-refractivity contribution in [3.8, 4) is 0 Å². The molecule has 1 fully saturated rings. The molecule has 1 saturated heterocycles. The summed E-state index contributed by atoms with van der Waals surface area (Å²) < 4.78 is 31.4. The zero-order chi connectivity index (χ0) is 24.7. The van der Waals surface area contributed by atoms with Gasteiger partial charge in [0.05, 0.1) is 52.9 Å². The monoisotopic (exact) mass is 492 g/mol. The highest BCUT2D eigenvalue weighted by atomic mass is 16.5. The smallest absolute Gasteiger partial charge is 0.246 e. The first-order valence-electron chi connectivity index (χ1n) is 11.1. The highest BCUT2D eigenvalue weighted by Gasteiger charge is 2.06. The quantitative estimate of drug-likeness (QED) is 0.267. The van der Waals surface area contributed by atoms with E-state index in [9.17, 15) is 19.2 Å². The predicted octanol–water partition coefficient (Wildman–Crippen LogP) is -3.44. The molecule has 0 aromatic rings. The minimum atomic E-state index is -0.352. The largest absolute Gasteiger partial charge is 0.377 e. The van der Waals surface area contributed by atoms with Crippen molar-refractivity contribution in [3.63, 3.8) is 0 Å². The Morgan fingerprint density at radius 3 is 0.824 bits per heavy atom. The van der Waals surface area contributed by atoms with E-state index in [4.69, 9.17) is 28.4 Å². The summed E-state index contributed by atoms with van der Waals surface area (Å²) in [7, 11) is 0. The number of carbonyl (C=O) groups is 4. The SMILES string of the molecule is O=C1COCC(=O)NCCOCCOCCNC(=O)COCC(=O)NCCOCCOCCN1. The van der Waals surface area contributed by atoms with Crippen molar-refractivity contribution in [1.29, 1.82) is 0 Å². The second-order valence-corrected chi connectivity index (χ2v) is 6.83. The first-order chi connectivity index (χ1) is 16.6. The van der Waals surface area contributed by atoms with Gasteiger partial charge in [0.1, 0.15) is 26.4 Å². The third-order valence-electron chi connectivity index (χ3n) is 3.95. The summed E-state index contributed by atoms with van der Waals surface area (Å²) in [6.45, 7) is 2.73. The summed E-state index contributed by atoms with van der Waals surface area (Å²) in [5.41, 5.74) is 0. The minimum absolute atomic E-state index is 0.235. The average Bonchev–Trinajstić information content (AvgIpc) is 2.81. The van der Waals surface area contributed by atoms with Gasteiger partial charge < -0.3 is 49.7 Å². The topological polar surface area (TPSA) is 172 Å². The van der Waals surface area contributed by atoms with E-state index >= 15 is 0 Å². The molecule has 34 heavy (non-hydrogen) atoms. The fourth-order valence-corrected chi connectivity index (χ4v) is 2.37. The molecule has 196 valence electrons. The van der Waals surface area contributed by atoms with E-state index in [1.54, 1.807) is 0 Å². The summed E-state index contributed by atoms with van der Waals surface area (Å²) in [5.74, 6) is -1.41. The standard InChI is InChI=1S/C20H36N4O10/c25-17-13-33-14-18(26)22-3-7-31-11-12-32-8-4-24-20(28)16-34-15-19(27)23-2-6-30-10-9-29-5-1-21-17/h1-16H2,(H,21,25)(H,22,26)(H,23,27)(H,24,28). The van der Waals surface area contributed by atoms with Crippen molar-refractivity contribution in [2.45, 2.75) is 0 Å². The molecule has 0 aromatic carbocycles. The Labute approximate surface area is 198 Å². The Kier molecular flexibility index (Phi) is 18.5. The van der Waals surface area contributed by atoms with Gasteiger partial charge in [-0.1, -0.05) is 0 Å². The molecule has 0 aliphatic carbocycles. The third kappa shape index (κ3) is 19.1. The summed E-state index contributed by atoms with van der Waals surface area (Å²) >= 11 is 0. The van der Waals surface area contributed by atoms with Crippen LogP contribution in [-0.4, -0.2) is 129 Å². The van der Waals surface area contributed by atoms with Gasteiger partial charge in [-0.3, -0.25) is 19.2 Å². The lowest BCUT2D eigenvalue weighted by molar-refractivity contribution is -0.132. The van der Waals surface area contributed by atoms with Crippen LogP contribution < -0.4 is 21.3 Å². The Hall–Kier alpha value is -2.36. The molecule has 1 aliphatic rings. The Morgan fingerprint density at radius 2 is 0.588 bits per heavy atom. The van der Waals surface area contributed by atoms with Crippen LogP contribution in [0, 0.1) is 0 Å². The number of amides is 4. The van der Waals surface area contributed by atoms with Gasteiger partial charge in [-0.05, 0) is 0 Å². The van der Waals surface area contributed by atoms with Crippen LogP contribution in [0.4, 0.5) is 0 Å². The lowest BCUT2D eigenvalue weighted by Gasteiger charge is -2.10. The molecule has 0 atom stereocenters. The summed E-state index contributed by atoms with van der Waals surface area (Å²) in [6.07, 6.45) is 0. The van der Waals surface area contributed by atoms with E-state index in [0.29, 0.717) is 79.0 Å². The van der Waals surface area contributed by atoms with Crippen LogP contribution in [0.25, 0.3) is 0 Å². The zero-order valence-electron chi connectivity index (χ0n) is 19.4. The first-order valence-corrected chi connectivity index (χ1v) is 11.1. The van der Waals surface area contributed by atoms with Crippen molar-refractivity contribution in [2.75, 3.05) is 105 Å². The van der Waals surface area contributed by atoms with Gasteiger partial charge in [0.25, 0.3) is 0 Å². The molecule has 0 spiro atoms. The van der Waals surface area contributed by atoms with Crippen molar-refractivity contribution in [1.82, 2.24) is 21.3 Å². The van der Waals surface area contributed by atoms with Crippen molar-refractivity contribution in [3.05, 3.63) is 0 Å². The van der Waals surface area contributed by atoms with E-state index < -0.39 is 0 Å². The van der Waals surface area contributed by atoms with Gasteiger partial charge >= 0.3 is 0 Å². The van der Waals surface area contributed by atoms with E-state index in [2.05, 4.69) is 21.3 Å². The fraction of sp³-hybridized carbons (Fsp3) is 0.800. The minimum Gasteiger partial charge on any atom is -0.377 e. The van der Waals surface area contributed by atoms with Crippen molar-refractivity contribution >= 4 is 23.6 Å². The second-order valence-electron chi connectivity index (χ2n) is 6.83. The number of ether oxygens (including phenoxy) is 6. The summed E-state index contributed by atoms with van der Waals surface area (Å²) in [4.78, 5) is 46.5. The average molecular weight is 493 g/mol. The molecule has 0 radical (unpaired) electrons. The maximum absolute atomic E-state index is 11.6. The number of carbonyl (C=O) groups excluding carboxylic acids is 4. The predicted molar refractivity (Wildman–Crippen MR) is 117 cm³/mol. The highest BCUT2D eigenvalue weighted by Crippen LogP contribution is 1.83. The Balaban J connectivity index is 2.24. The van der Waals surface area contributed by atoms with Crippen LogP contribution in [0.5, 0.6) is 0 Å². The van der Waals surface area contributed by atoms with Crippen LogP contribution in [-0.2, 0) is 47.6 Å². The van der Waals surface area contributed by atoms with Gasteiger partial charge in [-0.15, -0.1) is 0 Å². The Bertz CT molecular complexity index is 496. The Morgan fingerprint density at radius 1 is 0.353 bits per heavy atom. The molecule has 0 saturated carbocycles. The molecule has 4 N–H and O–H groups in total. The summed E-state index contributed by atoms with van der Waals surface area (Å²) in [6, 6.07) is 0. The molecule has 14 heteroatoms. The molecule has 1 aliphatic heterocycles. The molecular weight excluding hydrogens is 456 g/mol. The highest BCUT2D eigenvalue weighted by molar-refractivity contribution is 5.80. The fourth-order valence-electron chi connectivity index (χ4n) is 2.37. The van der Waals surface area contributed by atoms with Gasteiger partial charge in [-0.2, -0.15) is 0 Å². The van der Waals surface area contributed by atoms with E-state index in [1.165, 1.54) is 0 Å². The molecule has 1 heterocycles. The maximum Gasteiger partial charge on any atom is 0.246 e. The molecule has 0 unspecified atom stereocenters. The third-order valence-corrected chi connectivity index (χ3v) is 3.95. The van der Waals surface area contributed by atoms with E-state index in [0.717, 1.165) is 0 Å². The number of hydrogen-bond acceptors (Lipinski definition) is 10. The molecular formula is C20H36N4O10. The molecule has 4 amide bonds. The lowest BCUT2D eigenvalue weighted by Crippen LogP contribution is -2.35. The van der Waals surface area contributed by atoms with Crippen LogP contribution in [0.15, 0.2) is 0 Å². The molecule has 1 rings (SSSR count). The van der Waals surface area contributed by atoms with Crippen LogP contribution >= 0.6 is 0 Å². The zero-order valence-corrected chi connectivity index (χ0v) is 19.4. The van der Waals surface area contributed by atoms with Crippen molar-refractivity contribution < 1.29 is 47.6 Å². The van der Waals surface area contributed by atoms with Crippen LogP contribution in [0.2, 0.25) is 0 Å². The number of rotatable bonds is 0. The molecule has 0 bridgehead atoms. The number of nitrogens with one attached hydrogen (secondary N) is 4. The second kappa shape index (κ2) is 21.2. The van der Waals surface area contributed by atoms with Gasteiger partial charge in [0.2, 0.25) is 23.6 Å². The van der Waals surface area contributed by atoms with Gasteiger partial charge in [0, 0.05) is 26.2 Å². The van der Waals surface area contributed by atoms with Crippen molar-refractivity contribution in [2.24, 2.45) is 0 Å². The molecule has 14 nitrogen and oxygen atoms in total.